The van der Waals surface area contributed by atoms with Crippen LogP contribution >= 0.6 is 0 Å². The summed E-state index contributed by atoms with van der Waals surface area (Å²) >= 11 is 0. The van der Waals surface area contributed by atoms with Crippen molar-refractivity contribution in [2.75, 3.05) is 26.3 Å². The molecule has 6 heteroatoms. The number of nitrogens with zero attached hydrogens (tertiary/aromatic N) is 2. The molecule has 0 bridgehead atoms. The average molecular weight is 471 g/mol. The van der Waals surface area contributed by atoms with Gasteiger partial charge >= 0.3 is 0 Å². The van der Waals surface area contributed by atoms with Crippen LogP contribution in [-0.4, -0.2) is 36.2 Å². The number of ether oxygens (including phenoxy) is 2. The van der Waals surface area contributed by atoms with Crippen LogP contribution in [0.5, 0.6) is 11.5 Å². The van der Waals surface area contributed by atoms with Crippen molar-refractivity contribution in [1.29, 1.82) is 0 Å². The van der Waals surface area contributed by atoms with E-state index in [0.717, 1.165) is 70.8 Å². The minimum absolute atomic E-state index is 0.237. The molecule has 0 radical (unpaired) electrons. The van der Waals surface area contributed by atoms with Gasteiger partial charge in [-0.25, -0.2) is 9.37 Å². The van der Waals surface area contributed by atoms with Crippen LogP contribution in [0.4, 0.5) is 4.39 Å². The molecule has 35 heavy (non-hydrogen) atoms. The van der Waals surface area contributed by atoms with Gasteiger partial charge in [0.15, 0.2) is 22.9 Å². The van der Waals surface area contributed by atoms with Crippen molar-refractivity contribution in [2.45, 2.75) is 38.6 Å². The molecule has 2 aliphatic heterocycles. The van der Waals surface area contributed by atoms with Gasteiger partial charge in [0.25, 0.3) is 0 Å². The van der Waals surface area contributed by atoms with Crippen LogP contribution in [0.1, 0.15) is 42.0 Å². The quantitative estimate of drug-likeness (QED) is 0.344. The molecule has 1 aromatic heterocycles. The van der Waals surface area contributed by atoms with Crippen molar-refractivity contribution in [2.24, 2.45) is 0 Å². The lowest BCUT2D eigenvalue weighted by Gasteiger charge is -2.24. The molecule has 4 aromatic rings. The van der Waals surface area contributed by atoms with E-state index in [9.17, 15) is 0 Å². The molecule has 3 aromatic carbocycles. The first-order valence-electron chi connectivity index (χ1n) is 12.5. The molecule has 1 atom stereocenters. The second-order valence-electron chi connectivity index (χ2n) is 9.76. The minimum atomic E-state index is -0.237. The molecule has 3 heterocycles. The summed E-state index contributed by atoms with van der Waals surface area (Å²) in [4.78, 5) is 7.28. The Balaban J connectivity index is 1.29. The van der Waals surface area contributed by atoms with Crippen LogP contribution in [0, 0.1) is 12.7 Å². The molecule has 178 valence electrons. The molecule has 0 saturated carbocycles. The van der Waals surface area contributed by atoms with Crippen LogP contribution in [-0.2, 0) is 6.42 Å². The number of hydrogen-bond donors (Lipinski definition) is 0. The number of hydrogen-bond acceptors (Lipinski definition) is 5. The van der Waals surface area contributed by atoms with Crippen LogP contribution < -0.4 is 9.47 Å². The Morgan fingerprint density at radius 2 is 1.77 bits per heavy atom. The first kappa shape index (κ1) is 20.9. The van der Waals surface area contributed by atoms with Crippen molar-refractivity contribution in [1.82, 2.24) is 9.88 Å². The Kier molecular flexibility index (Phi) is 4.84. The smallest absolute Gasteiger partial charge is 0.227 e. The average Bonchev–Trinajstić information content (AvgIpc) is 3.64. The Labute approximate surface area is 203 Å². The van der Waals surface area contributed by atoms with E-state index >= 15 is 4.39 Å². The Morgan fingerprint density at radius 1 is 0.971 bits per heavy atom. The summed E-state index contributed by atoms with van der Waals surface area (Å²) in [7, 11) is 0. The second-order valence-corrected chi connectivity index (χ2v) is 9.76. The molecule has 1 unspecified atom stereocenters. The molecule has 0 N–H and O–H groups in total. The van der Waals surface area contributed by atoms with E-state index in [1.807, 2.05) is 30.3 Å². The van der Waals surface area contributed by atoms with E-state index in [1.165, 1.54) is 12.8 Å². The van der Waals surface area contributed by atoms with Crippen LogP contribution in [0.15, 0.2) is 46.9 Å². The van der Waals surface area contributed by atoms with Gasteiger partial charge in [0.2, 0.25) is 5.89 Å². The zero-order valence-electron chi connectivity index (χ0n) is 19.8. The minimum Gasteiger partial charge on any atom is -0.486 e. The summed E-state index contributed by atoms with van der Waals surface area (Å²) in [6.07, 6.45) is 4.18. The maximum atomic E-state index is 15.6. The van der Waals surface area contributed by atoms with Crippen LogP contribution in [0.3, 0.4) is 0 Å². The van der Waals surface area contributed by atoms with Gasteiger partial charge < -0.3 is 13.9 Å². The highest BCUT2D eigenvalue weighted by Crippen LogP contribution is 2.43. The molecule has 1 aliphatic carbocycles. The third-order valence-electron chi connectivity index (χ3n) is 7.78. The van der Waals surface area contributed by atoms with Crippen molar-refractivity contribution in [3.05, 3.63) is 65.0 Å². The topological polar surface area (TPSA) is 47.7 Å². The zero-order valence-corrected chi connectivity index (χ0v) is 19.8. The number of fused-ring (bicyclic) bond motifs is 3. The van der Waals surface area contributed by atoms with Crippen molar-refractivity contribution >= 4 is 11.1 Å². The summed E-state index contributed by atoms with van der Waals surface area (Å²) in [6.45, 7) is 5.36. The third-order valence-corrected chi connectivity index (χ3v) is 7.78. The number of aromatic nitrogens is 1. The van der Waals surface area contributed by atoms with Gasteiger partial charge in [-0.15, -0.1) is 0 Å². The third kappa shape index (κ3) is 3.34. The van der Waals surface area contributed by atoms with E-state index in [4.69, 9.17) is 18.9 Å². The number of halogens is 1. The highest BCUT2D eigenvalue weighted by Gasteiger charge is 2.33. The number of rotatable bonds is 3. The van der Waals surface area contributed by atoms with E-state index in [2.05, 4.69) is 24.0 Å². The first-order valence-corrected chi connectivity index (χ1v) is 12.5. The molecule has 3 aliphatic rings. The molecular weight excluding hydrogens is 443 g/mol. The lowest BCUT2D eigenvalue weighted by Crippen LogP contribution is -2.23. The lowest BCUT2D eigenvalue weighted by atomic mass is 9.96. The molecular formula is C29H27FN2O3. The molecule has 0 spiro atoms. The summed E-state index contributed by atoms with van der Waals surface area (Å²) in [5, 5.41) is 0. The van der Waals surface area contributed by atoms with E-state index in [0.29, 0.717) is 30.7 Å². The van der Waals surface area contributed by atoms with Crippen LogP contribution in [0.25, 0.3) is 33.7 Å². The summed E-state index contributed by atoms with van der Waals surface area (Å²) in [6, 6.07) is 14.4. The number of likely N-dealkylation sites (tertiary alicyclic amines) is 1. The maximum Gasteiger partial charge on any atom is 0.227 e. The fourth-order valence-electron chi connectivity index (χ4n) is 6.01. The zero-order chi connectivity index (χ0) is 23.5. The molecule has 5 nitrogen and oxygen atoms in total. The van der Waals surface area contributed by atoms with E-state index in [-0.39, 0.29) is 11.4 Å². The monoisotopic (exact) mass is 470 g/mol. The van der Waals surface area contributed by atoms with Gasteiger partial charge in [-0.2, -0.15) is 0 Å². The second kappa shape index (κ2) is 8.09. The van der Waals surface area contributed by atoms with Crippen molar-refractivity contribution in [3.8, 4) is 34.1 Å². The standard InChI is InChI=1S/C29H27FN2O3/c1-17-19(18-7-10-25-26(15-18)34-14-13-33-25)5-4-6-20(17)29-31-23-16-22-21(27(30)28(23)35-29)8-9-24(22)32-11-2-3-12-32/h4-7,10,15-16,24H,2-3,8-9,11-14H2,1H3. The van der Waals surface area contributed by atoms with Crippen LogP contribution in [0.2, 0.25) is 0 Å². The van der Waals surface area contributed by atoms with Gasteiger partial charge in [-0.3, -0.25) is 4.90 Å². The Morgan fingerprint density at radius 3 is 2.63 bits per heavy atom. The SMILES string of the molecule is Cc1c(-c2ccc3c(c2)OCCO3)cccc1-c1nc2cc3c(c(F)c2o1)CCC3N1CCCC1. The van der Waals surface area contributed by atoms with Gasteiger partial charge in [-0.1, -0.05) is 18.2 Å². The summed E-state index contributed by atoms with van der Waals surface area (Å²) in [5.41, 5.74) is 6.75. The molecule has 1 fully saturated rings. The van der Waals surface area contributed by atoms with Gasteiger partial charge in [0, 0.05) is 11.6 Å². The van der Waals surface area contributed by atoms with Crippen molar-refractivity contribution < 1.29 is 18.3 Å². The fraction of sp³-hybridized carbons (Fsp3) is 0.345. The summed E-state index contributed by atoms with van der Waals surface area (Å²) < 4.78 is 33.1. The highest BCUT2D eigenvalue weighted by molar-refractivity contribution is 5.82. The normalized spacial score (nSPS) is 19.4. The first-order chi connectivity index (χ1) is 17.2. The Hall–Kier alpha value is -3.38. The van der Waals surface area contributed by atoms with E-state index < -0.39 is 0 Å². The number of oxazole rings is 1. The largest absolute Gasteiger partial charge is 0.486 e. The lowest BCUT2D eigenvalue weighted by molar-refractivity contribution is 0.171. The molecule has 1 saturated heterocycles. The van der Waals surface area contributed by atoms with Gasteiger partial charge in [-0.05, 0) is 97.8 Å². The maximum absolute atomic E-state index is 15.6. The van der Waals surface area contributed by atoms with Crippen molar-refractivity contribution in [3.63, 3.8) is 0 Å². The fourth-order valence-corrected chi connectivity index (χ4v) is 6.01. The van der Waals surface area contributed by atoms with Gasteiger partial charge in [0.1, 0.15) is 18.7 Å². The molecule has 0 amide bonds. The predicted molar refractivity (Wildman–Crippen MR) is 132 cm³/mol. The van der Waals surface area contributed by atoms with E-state index in [1.54, 1.807) is 0 Å². The summed E-state index contributed by atoms with van der Waals surface area (Å²) in [5.74, 6) is 1.74. The Bertz CT molecular complexity index is 1450. The molecule has 7 rings (SSSR count). The number of benzene rings is 3. The predicted octanol–water partition coefficient (Wildman–Crippen LogP) is 6.46. The highest BCUT2D eigenvalue weighted by atomic mass is 19.1. The van der Waals surface area contributed by atoms with Gasteiger partial charge in [0.05, 0.1) is 0 Å².